The Bertz CT molecular complexity index is 1470. The zero-order chi connectivity index (χ0) is 27.7. The molecule has 0 unspecified atom stereocenters. The maximum Gasteiger partial charge on any atom is 0.421 e. The minimum atomic E-state index is -0.628. The van der Waals surface area contributed by atoms with Gasteiger partial charge in [-0.15, -0.1) is 11.3 Å². The number of nitrogens with zero attached hydrogens (tertiary/aromatic N) is 3. The average Bonchev–Trinajstić information content (AvgIpc) is 3.46. The molecule has 0 bridgehead atoms. The molecule has 0 atom stereocenters. The Labute approximate surface area is 239 Å². The van der Waals surface area contributed by atoms with E-state index in [1.54, 1.807) is 23.5 Å². The molecule has 1 fully saturated rings. The number of hydrogen-bond donors (Lipinski definition) is 0. The van der Waals surface area contributed by atoms with Crippen LogP contribution in [0.15, 0.2) is 64.8 Å². The Hall–Kier alpha value is -3.36. The quantitative estimate of drug-likeness (QED) is 0.178. The molecule has 3 heterocycles. The number of carbonyl (C=O) groups excluding carboxylic acids is 1. The summed E-state index contributed by atoms with van der Waals surface area (Å²) in [6.45, 7) is 8.33. The topological polar surface area (TPSA) is 64.0 Å². The summed E-state index contributed by atoms with van der Waals surface area (Å²) in [5, 5.41) is 4.33. The smallest absolute Gasteiger partial charge is 0.421 e. The summed E-state index contributed by atoms with van der Waals surface area (Å²) in [7, 11) is 0. The molecule has 0 radical (unpaired) electrons. The number of unbranched alkanes of at least 4 members (excludes halogenated alkanes) is 4. The molecule has 40 heavy (non-hydrogen) atoms. The zero-order valence-corrected chi connectivity index (χ0v) is 24.2. The number of rotatable bonds is 12. The molecule has 1 aliphatic rings. The van der Waals surface area contributed by atoms with E-state index in [2.05, 4.69) is 46.4 Å². The van der Waals surface area contributed by atoms with Gasteiger partial charge in [-0.2, -0.15) is 0 Å². The molecule has 7 nitrogen and oxygen atoms in total. The van der Waals surface area contributed by atoms with Crippen molar-refractivity contribution in [1.82, 2.24) is 9.47 Å². The number of ether oxygens (including phenoxy) is 2. The molecule has 0 N–H and O–H groups in total. The number of thiophene rings is 1. The molecule has 0 aliphatic carbocycles. The second-order valence-electron chi connectivity index (χ2n) is 10.4. The summed E-state index contributed by atoms with van der Waals surface area (Å²) in [6, 6.07) is 17.5. The van der Waals surface area contributed by atoms with Gasteiger partial charge in [0.15, 0.2) is 0 Å². The summed E-state index contributed by atoms with van der Waals surface area (Å²) in [6.07, 6.45) is 5.40. The van der Waals surface area contributed by atoms with E-state index in [1.807, 2.05) is 12.1 Å². The second-order valence-corrected chi connectivity index (χ2v) is 11.3. The van der Waals surface area contributed by atoms with E-state index < -0.39 is 11.7 Å². The lowest BCUT2D eigenvalue weighted by molar-refractivity contribution is 0.145. The molecule has 2 aromatic heterocycles. The number of pyridine rings is 1. The average molecular weight is 562 g/mol. The van der Waals surface area contributed by atoms with Crippen LogP contribution in [-0.2, 0) is 4.74 Å². The van der Waals surface area contributed by atoms with Gasteiger partial charge in [-0.3, -0.25) is 9.69 Å². The lowest BCUT2D eigenvalue weighted by Crippen LogP contribution is -2.46. The van der Waals surface area contributed by atoms with E-state index in [1.165, 1.54) is 21.8 Å². The van der Waals surface area contributed by atoms with Gasteiger partial charge in [0.2, 0.25) is 0 Å². The normalized spacial score (nSPS) is 14.2. The first-order valence-electron chi connectivity index (χ1n) is 14.5. The third-order valence-electron chi connectivity index (χ3n) is 7.60. The maximum atomic E-state index is 12.7. The van der Waals surface area contributed by atoms with Crippen LogP contribution < -0.4 is 15.2 Å². The summed E-state index contributed by atoms with van der Waals surface area (Å²) in [5.41, 5.74) is 1.47. The highest BCUT2D eigenvalue weighted by atomic mass is 32.1. The van der Waals surface area contributed by atoms with Crippen LogP contribution in [0.4, 0.5) is 10.5 Å². The van der Waals surface area contributed by atoms with E-state index in [0.29, 0.717) is 24.5 Å². The van der Waals surface area contributed by atoms with E-state index >= 15 is 0 Å². The summed E-state index contributed by atoms with van der Waals surface area (Å²) in [5.74, 6) is 0.652. The zero-order valence-electron chi connectivity index (χ0n) is 23.3. The summed E-state index contributed by atoms with van der Waals surface area (Å²) >= 11 is 1.80. The molecule has 1 aliphatic heterocycles. The second kappa shape index (κ2) is 13.8. The van der Waals surface area contributed by atoms with Crippen LogP contribution in [0.25, 0.3) is 21.0 Å². The summed E-state index contributed by atoms with van der Waals surface area (Å²) in [4.78, 5) is 30.3. The number of anilines is 1. The molecule has 1 saturated heterocycles. The first-order valence-corrected chi connectivity index (χ1v) is 15.4. The van der Waals surface area contributed by atoms with E-state index in [0.717, 1.165) is 81.2 Å². The fourth-order valence-corrected chi connectivity index (χ4v) is 6.14. The highest BCUT2D eigenvalue weighted by Gasteiger charge is 2.19. The Balaban J connectivity index is 1.08. The fourth-order valence-electron chi connectivity index (χ4n) is 5.34. The third-order valence-corrected chi connectivity index (χ3v) is 8.48. The van der Waals surface area contributed by atoms with Crippen LogP contribution in [0.2, 0.25) is 0 Å². The molecule has 0 amide bonds. The van der Waals surface area contributed by atoms with Crippen LogP contribution in [0.3, 0.4) is 0 Å². The Kier molecular flexibility index (Phi) is 9.73. The molecule has 0 saturated carbocycles. The van der Waals surface area contributed by atoms with Crippen molar-refractivity contribution in [3.8, 4) is 5.75 Å². The minimum Gasteiger partial charge on any atom is -0.494 e. The Morgan fingerprint density at radius 3 is 2.58 bits per heavy atom. The molecule has 4 aromatic rings. The molecule has 8 heteroatoms. The van der Waals surface area contributed by atoms with Crippen LogP contribution in [0.1, 0.15) is 45.4 Å². The lowest BCUT2D eigenvalue weighted by atomic mass is 10.2. The molecule has 2 aromatic carbocycles. The lowest BCUT2D eigenvalue weighted by Gasteiger charge is -2.36. The largest absolute Gasteiger partial charge is 0.494 e. The van der Waals surface area contributed by atoms with Gasteiger partial charge in [0.05, 0.1) is 18.7 Å². The van der Waals surface area contributed by atoms with Crippen LogP contribution in [0.5, 0.6) is 5.75 Å². The van der Waals surface area contributed by atoms with Gasteiger partial charge < -0.3 is 14.4 Å². The number of benzene rings is 2. The third kappa shape index (κ3) is 6.85. The molecule has 5 rings (SSSR count). The van der Waals surface area contributed by atoms with Crippen molar-refractivity contribution in [3.63, 3.8) is 0 Å². The maximum absolute atomic E-state index is 12.7. The molecular formula is C32H39N3O4S. The predicted molar refractivity (Wildman–Crippen MR) is 164 cm³/mol. The van der Waals surface area contributed by atoms with Gasteiger partial charge in [0, 0.05) is 54.1 Å². The van der Waals surface area contributed by atoms with Crippen molar-refractivity contribution < 1.29 is 14.3 Å². The number of piperazine rings is 1. The van der Waals surface area contributed by atoms with Gasteiger partial charge in [-0.25, -0.2) is 9.36 Å². The van der Waals surface area contributed by atoms with Crippen LogP contribution in [0, 0.1) is 0 Å². The van der Waals surface area contributed by atoms with Crippen LogP contribution in [-0.4, -0.2) is 61.5 Å². The monoisotopic (exact) mass is 561 g/mol. The molecular weight excluding hydrogens is 522 g/mol. The van der Waals surface area contributed by atoms with E-state index in [4.69, 9.17) is 9.47 Å². The van der Waals surface area contributed by atoms with Crippen molar-refractivity contribution in [2.75, 3.05) is 50.8 Å². The molecule has 0 spiro atoms. The van der Waals surface area contributed by atoms with Crippen molar-refractivity contribution in [3.05, 3.63) is 70.3 Å². The predicted octanol–water partition coefficient (Wildman–Crippen LogP) is 6.76. The van der Waals surface area contributed by atoms with Gasteiger partial charge >= 0.3 is 6.09 Å². The number of fused-ring (bicyclic) bond motifs is 2. The summed E-state index contributed by atoms with van der Waals surface area (Å²) < 4.78 is 13.9. The fraction of sp³-hybridized carbons (Fsp3) is 0.438. The van der Waals surface area contributed by atoms with Crippen molar-refractivity contribution in [2.45, 2.75) is 45.4 Å². The van der Waals surface area contributed by atoms with Gasteiger partial charge in [-0.1, -0.05) is 32.3 Å². The first kappa shape index (κ1) is 28.2. The minimum absolute atomic E-state index is 0.317. The van der Waals surface area contributed by atoms with E-state index in [-0.39, 0.29) is 0 Å². The van der Waals surface area contributed by atoms with Crippen molar-refractivity contribution in [2.24, 2.45) is 0 Å². The van der Waals surface area contributed by atoms with Crippen molar-refractivity contribution in [1.29, 1.82) is 0 Å². The van der Waals surface area contributed by atoms with E-state index in [9.17, 15) is 9.59 Å². The van der Waals surface area contributed by atoms with Gasteiger partial charge in [0.1, 0.15) is 5.75 Å². The number of aromatic nitrogens is 1. The first-order chi connectivity index (χ1) is 19.6. The van der Waals surface area contributed by atoms with Crippen molar-refractivity contribution >= 4 is 44.1 Å². The standard InChI is InChI=1S/C32H39N3O4S/c1-2-3-4-6-22-39-32(37)35-29-24-26(13-11-25(29)12-14-31(35)36)38-21-7-5-16-33-17-19-34(20-18-33)28-9-8-10-30-27(28)15-23-40-30/h8-15,23-24H,2-7,16-22H2,1H3. The molecule has 212 valence electrons. The number of carbonyl (C=O) groups is 1. The highest BCUT2D eigenvalue weighted by Crippen LogP contribution is 2.31. The number of hydrogen-bond acceptors (Lipinski definition) is 7. The highest BCUT2D eigenvalue weighted by molar-refractivity contribution is 7.17. The van der Waals surface area contributed by atoms with Gasteiger partial charge in [0.25, 0.3) is 5.56 Å². The Morgan fingerprint density at radius 1 is 0.900 bits per heavy atom. The van der Waals surface area contributed by atoms with Gasteiger partial charge in [-0.05, 0) is 73.0 Å². The van der Waals surface area contributed by atoms with Crippen LogP contribution >= 0.6 is 11.3 Å². The Morgan fingerprint density at radius 2 is 1.73 bits per heavy atom. The SMILES string of the molecule is CCCCCCOC(=O)n1c(=O)ccc2ccc(OCCCCN3CCN(c4cccc5sccc45)CC3)cc21.